The number of esters is 1. The lowest BCUT2D eigenvalue weighted by Crippen LogP contribution is -2.15. The minimum Gasteiger partial charge on any atom is -0.453 e. The van der Waals surface area contributed by atoms with Gasteiger partial charge in [0.25, 0.3) is 0 Å². The molecule has 0 saturated heterocycles. The van der Waals surface area contributed by atoms with Gasteiger partial charge in [-0.1, -0.05) is 23.2 Å². The zero-order valence-electron chi connectivity index (χ0n) is 11.9. The number of carbonyl (C=O) groups is 2. The van der Waals surface area contributed by atoms with Gasteiger partial charge in [0, 0.05) is 5.56 Å². The molecule has 0 amide bonds. The number of pyridine rings is 1. The topological polar surface area (TPSA) is 105 Å². The van der Waals surface area contributed by atoms with Crippen molar-refractivity contribution < 1.29 is 14.3 Å². The van der Waals surface area contributed by atoms with Crippen molar-refractivity contribution in [3.8, 4) is 0 Å². The average Bonchev–Trinajstić information content (AvgIpc) is 2.93. The van der Waals surface area contributed by atoms with Crippen LogP contribution in [0, 0.1) is 0 Å². The van der Waals surface area contributed by atoms with Crippen LogP contribution < -0.4 is 5.69 Å². The SMILES string of the molecule is O=C(COC(=O)c1nc(Cl)ccc1Cl)c1ccc2[nH]c(=O)[nH]c2c1. The number of ketones is 1. The Morgan fingerprint density at radius 1 is 1.08 bits per heavy atom. The number of carbonyl (C=O) groups excluding carboxylic acids is 2. The number of nitrogens with one attached hydrogen (secondary N) is 2. The molecule has 0 unspecified atom stereocenters. The Hall–Kier alpha value is -2.64. The van der Waals surface area contributed by atoms with Gasteiger partial charge in [0.2, 0.25) is 0 Å². The van der Waals surface area contributed by atoms with Crippen molar-refractivity contribution >= 4 is 46.0 Å². The zero-order valence-corrected chi connectivity index (χ0v) is 13.4. The molecule has 2 aromatic heterocycles. The minimum absolute atomic E-state index is 0.0724. The highest BCUT2D eigenvalue weighted by Gasteiger charge is 2.17. The molecule has 0 aliphatic rings. The summed E-state index contributed by atoms with van der Waals surface area (Å²) in [6, 6.07) is 7.43. The van der Waals surface area contributed by atoms with Crippen LogP contribution in [0.25, 0.3) is 11.0 Å². The Kier molecular flexibility index (Phi) is 4.37. The highest BCUT2D eigenvalue weighted by molar-refractivity contribution is 6.34. The van der Waals surface area contributed by atoms with Crippen molar-refractivity contribution in [2.45, 2.75) is 0 Å². The lowest BCUT2D eigenvalue weighted by atomic mass is 10.1. The van der Waals surface area contributed by atoms with E-state index in [1.54, 1.807) is 6.07 Å². The van der Waals surface area contributed by atoms with Gasteiger partial charge in [0.1, 0.15) is 5.15 Å². The maximum absolute atomic E-state index is 12.1. The quantitative estimate of drug-likeness (QED) is 0.420. The van der Waals surface area contributed by atoms with Crippen LogP contribution in [-0.4, -0.2) is 33.3 Å². The van der Waals surface area contributed by atoms with Crippen LogP contribution in [0.1, 0.15) is 20.8 Å². The van der Waals surface area contributed by atoms with E-state index in [4.69, 9.17) is 27.9 Å². The van der Waals surface area contributed by atoms with E-state index in [9.17, 15) is 14.4 Å². The third kappa shape index (κ3) is 3.32. The predicted octanol–water partition coefficient (Wildman–Crippen LogP) is 2.60. The lowest BCUT2D eigenvalue weighted by molar-refractivity contribution is 0.0469. The number of halogens is 2. The highest BCUT2D eigenvalue weighted by atomic mass is 35.5. The Bertz CT molecular complexity index is 1010. The lowest BCUT2D eigenvalue weighted by Gasteiger charge is -2.05. The summed E-state index contributed by atoms with van der Waals surface area (Å²) in [4.78, 5) is 44.1. The number of ether oxygens (including phenoxy) is 1. The molecule has 0 aliphatic heterocycles. The first-order chi connectivity index (χ1) is 11.4. The Morgan fingerprint density at radius 3 is 2.62 bits per heavy atom. The van der Waals surface area contributed by atoms with Gasteiger partial charge in [-0.2, -0.15) is 0 Å². The molecule has 0 fully saturated rings. The number of fused-ring (bicyclic) bond motifs is 1. The van der Waals surface area contributed by atoms with E-state index in [1.807, 2.05) is 0 Å². The molecule has 3 aromatic rings. The molecule has 122 valence electrons. The molecule has 0 saturated carbocycles. The highest BCUT2D eigenvalue weighted by Crippen LogP contribution is 2.18. The first kappa shape index (κ1) is 16.2. The van der Waals surface area contributed by atoms with Crippen LogP contribution in [0.2, 0.25) is 10.2 Å². The molecular weight excluding hydrogens is 357 g/mol. The Morgan fingerprint density at radius 2 is 1.83 bits per heavy atom. The van der Waals surface area contributed by atoms with Gasteiger partial charge in [-0.15, -0.1) is 0 Å². The van der Waals surface area contributed by atoms with E-state index in [2.05, 4.69) is 15.0 Å². The summed E-state index contributed by atoms with van der Waals surface area (Å²) in [5.74, 6) is -1.29. The van der Waals surface area contributed by atoms with Crippen molar-refractivity contribution in [1.82, 2.24) is 15.0 Å². The van der Waals surface area contributed by atoms with Gasteiger partial charge >= 0.3 is 11.7 Å². The predicted molar refractivity (Wildman–Crippen MR) is 87.8 cm³/mol. The second kappa shape index (κ2) is 6.46. The monoisotopic (exact) mass is 365 g/mol. The number of hydrogen-bond donors (Lipinski definition) is 2. The van der Waals surface area contributed by atoms with Gasteiger partial charge < -0.3 is 14.7 Å². The Labute approximate surface area is 144 Å². The molecule has 0 radical (unpaired) electrons. The van der Waals surface area contributed by atoms with Gasteiger partial charge in [-0.25, -0.2) is 14.6 Å². The van der Waals surface area contributed by atoms with Gasteiger partial charge in [0.05, 0.1) is 16.1 Å². The molecule has 0 spiro atoms. The van der Waals surface area contributed by atoms with Gasteiger partial charge in [-0.05, 0) is 30.3 Å². The first-order valence-electron chi connectivity index (χ1n) is 6.68. The van der Waals surface area contributed by atoms with Crippen LogP contribution in [0.3, 0.4) is 0 Å². The normalized spacial score (nSPS) is 10.8. The standard InChI is InChI=1S/C15H9Cl2N3O4/c16-8-2-4-12(17)20-13(8)14(22)24-6-11(21)7-1-3-9-10(5-7)19-15(23)18-9/h1-5H,6H2,(H2,18,19,23). The number of H-pyrrole nitrogens is 2. The van der Waals surface area contributed by atoms with E-state index < -0.39 is 18.4 Å². The summed E-state index contributed by atoms with van der Waals surface area (Å²) in [7, 11) is 0. The fourth-order valence-electron chi connectivity index (χ4n) is 2.05. The third-order valence-corrected chi connectivity index (χ3v) is 3.69. The van der Waals surface area contributed by atoms with Crippen molar-refractivity contribution in [3.63, 3.8) is 0 Å². The van der Waals surface area contributed by atoms with E-state index in [0.29, 0.717) is 11.0 Å². The van der Waals surface area contributed by atoms with E-state index in [0.717, 1.165) is 0 Å². The van der Waals surface area contributed by atoms with E-state index >= 15 is 0 Å². The number of rotatable bonds is 4. The number of benzene rings is 1. The average molecular weight is 366 g/mol. The minimum atomic E-state index is -0.855. The van der Waals surface area contributed by atoms with Crippen molar-refractivity contribution in [2.75, 3.05) is 6.61 Å². The summed E-state index contributed by atoms with van der Waals surface area (Å²) >= 11 is 11.5. The number of imidazole rings is 1. The summed E-state index contributed by atoms with van der Waals surface area (Å²) in [6.45, 7) is -0.497. The molecular formula is C15H9Cl2N3O4. The van der Waals surface area contributed by atoms with E-state index in [-0.39, 0.29) is 27.1 Å². The summed E-state index contributed by atoms with van der Waals surface area (Å²) in [5.41, 5.74) is 0.806. The number of hydrogen-bond acceptors (Lipinski definition) is 5. The van der Waals surface area contributed by atoms with Crippen LogP contribution in [0.15, 0.2) is 35.1 Å². The number of nitrogens with zero attached hydrogens (tertiary/aromatic N) is 1. The molecule has 2 N–H and O–H groups in total. The van der Waals surface area contributed by atoms with Crippen LogP contribution in [0.5, 0.6) is 0 Å². The zero-order chi connectivity index (χ0) is 17.3. The van der Waals surface area contributed by atoms with Crippen molar-refractivity contribution in [3.05, 3.63) is 62.2 Å². The summed E-state index contributed by atoms with van der Waals surface area (Å²) in [6.07, 6.45) is 0. The first-order valence-corrected chi connectivity index (χ1v) is 7.44. The van der Waals surface area contributed by atoms with Crippen LogP contribution in [0.4, 0.5) is 0 Å². The van der Waals surface area contributed by atoms with Crippen molar-refractivity contribution in [1.29, 1.82) is 0 Å². The number of aromatic nitrogens is 3. The molecule has 3 rings (SSSR count). The fraction of sp³-hybridized carbons (Fsp3) is 0.0667. The molecule has 2 heterocycles. The van der Waals surface area contributed by atoms with Crippen molar-refractivity contribution in [2.24, 2.45) is 0 Å². The molecule has 24 heavy (non-hydrogen) atoms. The molecule has 0 aliphatic carbocycles. The number of aromatic amines is 2. The molecule has 9 heteroatoms. The van der Waals surface area contributed by atoms with E-state index in [1.165, 1.54) is 24.3 Å². The maximum atomic E-state index is 12.1. The molecule has 7 nitrogen and oxygen atoms in total. The number of Topliss-reactive ketones (excluding diaryl/α,β-unsaturated/α-hetero) is 1. The molecule has 1 aromatic carbocycles. The fourth-order valence-corrected chi connectivity index (χ4v) is 2.38. The molecule has 0 atom stereocenters. The largest absolute Gasteiger partial charge is 0.453 e. The van der Waals surface area contributed by atoms with Crippen LogP contribution in [-0.2, 0) is 4.74 Å². The second-order valence-electron chi connectivity index (χ2n) is 4.80. The Balaban J connectivity index is 1.73. The second-order valence-corrected chi connectivity index (χ2v) is 5.60. The smallest absolute Gasteiger partial charge is 0.359 e. The van der Waals surface area contributed by atoms with Gasteiger partial charge in [-0.3, -0.25) is 4.79 Å². The van der Waals surface area contributed by atoms with Gasteiger partial charge in [0.15, 0.2) is 18.1 Å². The molecule has 0 bridgehead atoms. The summed E-state index contributed by atoms with van der Waals surface area (Å²) in [5, 5.41) is 0.155. The summed E-state index contributed by atoms with van der Waals surface area (Å²) < 4.78 is 4.92. The third-order valence-electron chi connectivity index (χ3n) is 3.18. The maximum Gasteiger partial charge on any atom is 0.359 e. The van der Waals surface area contributed by atoms with Crippen LogP contribution >= 0.6 is 23.2 Å².